The van der Waals surface area contributed by atoms with E-state index in [9.17, 15) is 18.0 Å². The molecule has 3 rings (SSSR count). The highest BCUT2D eigenvalue weighted by atomic mass is 79.9. The summed E-state index contributed by atoms with van der Waals surface area (Å²) in [6.07, 6.45) is 5.23. The van der Waals surface area contributed by atoms with E-state index in [4.69, 9.17) is 0 Å². The number of rotatable bonds is 9. The standard InChI is InChI=1S/C26H34BrN3O4S/c1-19-9-15-24(16-10-19)35(33,34)29(3)18-25(31)30(17-21-11-13-22(27)14-12-21)20(2)26(32)28-23-7-5-4-6-8-23/h9-16,20,23H,4-8,17-18H2,1-3H3,(H,28,32)/t20-/m1/s1. The molecule has 0 radical (unpaired) electrons. The first-order valence-electron chi connectivity index (χ1n) is 11.9. The Balaban J connectivity index is 1.78. The van der Waals surface area contributed by atoms with E-state index in [0.29, 0.717) is 0 Å². The number of likely N-dealkylation sites (N-methyl/N-ethyl adjacent to an activating group) is 1. The topological polar surface area (TPSA) is 86.8 Å². The van der Waals surface area contributed by atoms with Crippen LogP contribution in [0, 0.1) is 6.92 Å². The summed E-state index contributed by atoms with van der Waals surface area (Å²) in [5.74, 6) is -0.649. The lowest BCUT2D eigenvalue weighted by Gasteiger charge is -2.32. The number of carbonyl (C=O) groups is 2. The van der Waals surface area contributed by atoms with Gasteiger partial charge in [-0.05, 0) is 56.5 Å². The van der Waals surface area contributed by atoms with Crippen LogP contribution in [0.3, 0.4) is 0 Å². The van der Waals surface area contributed by atoms with Crippen molar-refractivity contribution in [2.24, 2.45) is 0 Å². The van der Waals surface area contributed by atoms with Crippen LogP contribution in [0.25, 0.3) is 0 Å². The van der Waals surface area contributed by atoms with Crippen molar-refractivity contribution >= 4 is 37.8 Å². The lowest BCUT2D eigenvalue weighted by atomic mass is 9.95. The number of sulfonamides is 1. The highest BCUT2D eigenvalue weighted by molar-refractivity contribution is 9.10. The molecule has 0 aliphatic heterocycles. The van der Waals surface area contributed by atoms with Crippen molar-refractivity contribution in [1.29, 1.82) is 0 Å². The average Bonchev–Trinajstić information content (AvgIpc) is 2.84. The van der Waals surface area contributed by atoms with Gasteiger partial charge in [0.1, 0.15) is 6.04 Å². The minimum Gasteiger partial charge on any atom is -0.352 e. The lowest BCUT2D eigenvalue weighted by molar-refractivity contribution is -0.141. The maximum absolute atomic E-state index is 13.4. The van der Waals surface area contributed by atoms with Gasteiger partial charge in [-0.3, -0.25) is 9.59 Å². The first kappa shape index (κ1) is 27.4. The molecule has 9 heteroatoms. The Kier molecular flexibility index (Phi) is 9.49. The minimum absolute atomic E-state index is 0.118. The third kappa shape index (κ3) is 7.38. The second-order valence-corrected chi connectivity index (χ2v) is 12.2. The van der Waals surface area contributed by atoms with Crippen LogP contribution < -0.4 is 5.32 Å². The Bertz CT molecular complexity index is 1110. The number of carbonyl (C=O) groups excluding carboxylic acids is 2. The summed E-state index contributed by atoms with van der Waals surface area (Å²) in [5, 5.41) is 3.09. The quantitative estimate of drug-likeness (QED) is 0.494. The van der Waals surface area contributed by atoms with Crippen molar-refractivity contribution in [3.63, 3.8) is 0 Å². The van der Waals surface area contributed by atoms with Gasteiger partial charge in [-0.2, -0.15) is 4.31 Å². The number of hydrogen-bond donors (Lipinski definition) is 1. The van der Waals surface area contributed by atoms with Gasteiger partial charge < -0.3 is 10.2 Å². The number of nitrogens with one attached hydrogen (secondary N) is 1. The Morgan fingerprint density at radius 2 is 1.63 bits per heavy atom. The van der Waals surface area contributed by atoms with E-state index in [-0.39, 0.29) is 29.9 Å². The molecule has 1 saturated carbocycles. The SMILES string of the molecule is Cc1ccc(S(=O)(=O)N(C)CC(=O)N(Cc2ccc(Br)cc2)[C@H](C)C(=O)NC2CCCCC2)cc1. The smallest absolute Gasteiger partial charge is 0.243 e. The van der Waals surface area contributed by atoms with Gasteiger partial charge in [0, 0.05) is 24.1 Å². The molecule has 2 amide bonds. The molecular weight excluding hydrogens is 530 g/mol. The second-order valence-electron chi connectivity index (χ2n) is 9.24. The first-order valence-corrected chi connectivity index (χ1v) is 14.2. The summed E-state index contributed by atoms with van der Waals surface area (Å²) >= 11 is 3.41. The van der Waals surface area contributed by atoms with Crippen LogP contribution >= 0.6 is 15.9 Å². The van der Waals surface area contributed by atoms with E-state index in [0.717, 1.165) is 45.6 Å². The average molecular weight is 565 g/mol. The van der Waals surface area contributed by atoms with E-state index in [2.05, 4.69) is 21.2 Å². The molecule has 1 atom stereocenters. The summed E-state index contributed by atoms with van der Waals surface area (Å²) in [6.45, 7) is 3.41. The normalized spacial score (nSPS) is 15.6. The van der Waals surface area contributed by atoms with Crippen LogP contribution in [-0.2, 0) is 26.2 Å². The first-order chi connectivity index (χ1) is 16.6. The maximum Gasteiger partial charge on any atom is 0.243 e. The monoisotopic (exact) mass is 563 g/mol. The van der Waals surface area contributed by atoms with E-state index in [1.807, 2.05) is 31.2 Å². The van der Waals surface area contributed by atoms with Crippen LogP contribution in [0.5, 0.6) is 0 Å². The fraction of sp³-hybridized carbons (Fsp3) is 0.462. The molecule has 0 spiro atoms. The van der Waals surface area contributed by atoms with Crippen molar-refractivity contribution in [2.45, 2.75) is 69.5 Å². The van der Waals surface area contributed by atoms with Gasteiger partial charge in [0.25, 0.3) is 0 Å². The van der Waals surface area contributed by atoms with Gasteiger partial charge in [0.15, 0.2) is 0 Å². The molecule has 0 aromatic heterocycles. The molecule has 2 aromatic carbocycles. The Morgan fingerprint density at radius 3 is 2.23 bits per heavy atom. The number of aryl methyl sites for hydroxylation is 1. The second kappa shape index (κ2) is 12.1. The third-order valence-electron chi connectivity index (χ3n) is 6.47. The molecule has 1 fully saturated rings. The Labute approximate surface area is 217 Å². The van der Waals surface area contributed by atoms with Crippen LogP contribution in [-0.4, -0.2) is 55.1 Å². The largest absolute Gasteiger partial charge is 0.352 e. The molecule has 1 aliphatic rings. The predicted molar refractivity (Wildman–Crippen MR) is 140 cm³/mol. The van der Waals surface area contributed by atoms with Crippen molar-refractivity contribution in [1.82, 2.24) is 14.5 Å². The van der Waals surface area contributed by atoms with Gasteiger partial charge in [0.05, 0.1) is 11.4 Å². The molecule has 7 nitrogen and oxygen atoms in total. The molecule has 1 aliphatic carbocycles. The molecule has 190 valence electrons. The molecule has 0 bridgehead atoms. The number of benzene rings is 2. The molecule has 35 heavy (non-hydrogen) atoms. The zero-order valence-electron chi connectivity index (χ0n) is 20.5. The Morgan fingerprint density at radius 1 is 1.03 bits per heavy atom. The highest BCUT2D eigenvalue weighted by Crippen LogP contribution is 2.20. The van der Waals surface area contributed by atoms with Crippen LogP contribution in [0.4, 0.5) is 0 Å². The highest BCUT2D eigenvalue weighted by Gasteiger charge is 2.31. The van der Waals surface area contributed by atoms with Crippen molar-refractivity contribution in [2.75, 3.05) is 13.6 Å². The van der Waals surface area contributed by atoms with Crippen LogP contribution in [0.1, 0.15) is 50.2 Å². The van der Waals surface area contributed by atoms with Gasteiger partial charge in [0.2, 0.25) is 21.8 Å². The van der Waals surface area contributed by atoms with E-state index in [1.165, 1.54) is 30.5 Å². The van der Waals surface area contributed by atoms with E-state index in [1.54, 1.807) is 19.1 Å². The van der Waals surface area contributed by atoms with Crippen LogP contribution in [0.2, 0.25) is 0 Å². The maximum atomic E-state index is 13.4. The number of amides is 2. The van der Waals surface area contributed by atoms with Crippen molar-refractivity contribution < 1.29 is 18.0 Å². The van der Waals surface area contributed by atoms with Gasteiger partial charge in [-0.1, -0.05) is 65.0 Å². The lowest BCUT2D eigenvalue weighted by Crippen LogP contribution is -2.52. The third-order valence-corrected chi connectivity index (χ3v) is 8.82. The molecule has 1 N–H and O–H groups in total. The minimum atomic E-state index is -3.85. The predicted octanol–water partition coefficient (Wildman–Crippen LogP) is 4.24. The molecule has 2 aromatic rings. The molecular formula is C26H34BrN3O4S. The zero-order chi connectivity index (χ0) is 25.6. The van der Waals surface area contributed by atoms with Crippen LogP contribution in [0.15, 0.2) is 57.9 Å². The van der Waals surface area contributed by atoms with Crippen molar-refractivity contribution in [3.05, 3.63) is 64.1 Å². The molecule has 0 saturated heterocycles. The van der Waals surface area contributed by atoms with Crippen molar-refractivity contribution in [3.8, 4) is 0 Å². The number of nitrogens with zero attached hydrogens (tertiary/aromatic N) is 2. The van der Waals surface area contributed by atoms with E-state index >= 15 is 0 Å². The number of hydrogen-bond acceptors (Lipinski definition) is 4. The van der Waals surface area contributed by atoms with Gasteiger partial charge >= 0.3 is 0 Å². The fourth-order valence-corrected chi connectivity index (χ4v) is 5.58. The molecule has 0 unspecified atom stereocenters. The number of halogens is 1. The van der Waals surface area contributed by atoms with E-state index < -0.39 is 22.0 Å². The summed E-state index contributed by atoms with van der Waals surface area (Å²) in [4.78, 5) is 28.1. The summed E-state index contributed by atoms with van der Waals surface area (Å²) in [7, 11) is -2.47. The van der Waals surface area contributed by atoms with Gasteiger partial charge in [-0.15, -0.1) is 0 Å². The van der Waals surface area contributed by atoms with Gasteiger partial charge in [-0.25, -0.2) is 8.42 Å². The summed E-state index contributed by atoms with van der Waals surface area (Å²) < 4.78 is 28.0. The zero-order valence-corrected chi connectivity index (χ0v) is 22.9. The summed E-state index contributed by atoms with van der Waals surface area (Å²) in [5.41, 5.74) is 1.80. The Hall–Kier alpha value is -2.23. The summed E-state index contributed by atoms with van der Waals surface area (Å²) in [6, 6.07) is 13.4. The molecule has 0 heterocycles. The fourth-order valence-electron chi connectivity index (χ4n) is 4.19.